The molecule has 1 aromatic heterocycles. The Hall–Kier alpha value is -2.38. The van der Waals surface area contributed by atoms with Crippen LogP contribution in [0.2, 0.25) is 0 Å². The number of nitrogens with one attached hydrogen (secondary N) is 1. The van der Waals surface area contributed by atoms with Gasteiger partial charge in [0.05, 0.1) is 0 Å². The third-order valence-electron chi connectivity index (χ3n) is 3.41. The lowest BCUT2D eigenvalue weighted by Gasteiger charge is -2.33. The van der Waals surface area contributed by atoms with E-state index < -0.39 is 17.7 Å². The van der Waals surface area contributed by atoms with Gasteiger partial charge in [-0.2, -0.15) is 0 Å². The average molecular weight is 322 g/mol. The maximum absolute atomic E-state index is 11.8. The van der Waals surface area contributed by atoms with E-state index in [0.29, 0.717) is 18.9 Å². The van der Waals surface area contributed by atoms with Gasteiger partial charge >= 0.3 is 12.1 Å². The monoisotopic (exact) mass is 322 g/mol. The van der Waals surface area contributed by atoms with E-state index in [0.717, 1.165) is 12.8 Å². The number of carboxylic acids is 1. The Labute approximate surface area is 134 Å². The molecule has 0 aromatic carbocycles. The van der Waals surface area contributed by atoms with Gasteiger partial charge < -0.3 is 20.1 Å². The highest BCUT2D eigenvalue weighted by Crippen LogP contribution is 2.18. The quantitative estimate of drug-likeness (QED) is 0.872. The van der Waals surface area contributed by atoms with Crippen molar-refractivity contribution in [1.29, 1.82) is 0 Å². The zero-order valence-corrected chi connectivity index (χ0v) is 13.6. The second-order valence-electron chi connectivity index (χ2n) is 6.47. The summed E-state index contributed by atoms with van der Waals surface area (Å²) >= 11 is 0. The molecule has 0 bridgehead atoms. The molecule has 126 valence electrons. The molecule has 0 spiro atoms. The van der Waals surface area contributed by atoms with Gasteiger partial charge in [-0.15, -0.1) is 0 Å². The fourth-order valence-electron chi connectivity index (χ4n) is 2.36. The number of alkyl carbamates (subject to hydrolysis) is 1. The number of carbonyl (C=O) groups is 2. The number of hydrogen-bond acceptors (Lipinski definition) is 6. The van der Waals surface area contributed by atoms with Gasteiger partial charge in [0.15, 0.2) is 5.69 Å². The van der Waals surface area contributed by atoms with Crippen molar-refractivity contribution in [2.45, 2.75) is 45.3 Å². The molecular weight excluding hydrogens is 300 g/mol. The van der Waals surface area contributed by atoms with Gasteiger partial charge in [-0.1, -0.05) is 0 Å². The van der Waals surface area contributed by atoms with Crippen LogP contribution in [0.25, 0.3) is 0 Å². The number of carboxylic acid groups (broad SMARTS) is 1. The molecular formula is C15H22N4O4. The molecule has 2 rings (SSSR count). The summed E-state index contributed by atoms with van der Waals surface area (Å²) < 4.78 is 5.24. The lowest BCUT2D eigenvalue weighted by Crippen LogP contribution is -2.46. The van der Waals surface area contributed by atoms with E-state index in [1.54, 1.807) is 0 Å². The van der Waals surface area contributed by atoms with Gasteiger partial charge in [-0.05, 0) is 33.6 Å². The van der Waals surface area contributed by atoms with E-state index in [4.69, 9.17) is 9.84 Å². The van der Waals surface area contributed by atoms with Crippen molar-refractivity contribution in [2.75, 3.05) is 18.0 Å². The molecule has 23 heavy (non-hydrogen) atoms. The number of piperidine rings is 1. The molecule has 0 aliphatic carbocycles. The van der Waals surface area contributed by atoms with Crippen LogP contribution in [0.1, 0.15) is 44.1 Å². The van der Waals surface area contributed by atoms with Crippen molar-refractivity contribution in [2.24, 2.45) is 0 Å². The Morgan fingerprint density at radius 3 is 2.52 bits per heavy atom. The van der Waals surface area contributed by atoms with Crippen LogP contribution in [0.3, 0.4) is 0 Å². The largest absolute Gasteiger partial charge is 0.477 e. The Morgan fingerprint density at radius 1 is 1.30 bits per heavy atom. The summed E-state index contributed by atoms with van der Waals surface area (Å²) in [6.07, 6.45) is 2.33. The number of amides is 1. The number of aromatic nitrogens is 2. The number of anilines is 1. The van der Waals surface area contributed by atoms with Crippen LogP contribution in [0.15, 0.2) is 12.4 Å². The smallest absolute Gasteiger partial charge is 0.407 e. The zero-order valence-electron chi connectivity index (χ0n) is 13.6. The highest BCUT2D eigenvalue weighted by atomic mass is 16.6. The summed E-state index contributed by atoms with van der Waals surface area (Å²) in [6.45, 7) is 6.83. The Morgan fingerprint density at radius 2 is 1.96 bits per heavy atom. The summed E-state index contributed by atoms with van der Waals surface area (Å²) in [6, 6.07) is 1.51. The maximum atomic E-state index is 11.8. The SMILES string of the molecule is CC(C)(C)OC(=O)NC1CCN(c2cc(C(=O)O)ncn2)CC1. The highest BCUT2D eigenvalue weighted by Gasteiger charge is 2.24. The number of rotatable bonds is 3. The van der Waals surface area contributed by atoms with Gasteiger partial charge in [0.2, 0.25) is 0 Å². The Kier molecular flexibility index (Phi) is 5.02. The Bertz CT molecular complexity index is 577. The van der Waals surface area contributed by atoms with Crippen molar-refractivity contribution in [3.63, 3.8) is 0 Å². The van der Waals surface area contributed by atoms with Crippen molar-refractivity contribution < 1.29 is 19.4 Å². The molecule has 1 fully saturated rings. The van der Waals surface area contributed by atoms with Crippen molar-refractivity contribution in [3.05, 3.63) is 18.1 Å². The summed E-state index contributed by atoms with van der Waals surface area (Å²) in [5.41, 5.74) is -0.539. The van der Waals surface area contributed by atoms with Gasteiger partial charge in [0.25, 0.3) is 0 Å². The van der Waals surface area contributed by atoms with Gasteiger partial charge in [-0.25, -0.2) is 19.6 Å². The molecule has 8 heteroatoms. The van der Waals surface area contributed by atoms with E-state index in [-0.39, 0.29) is 11.7 Å². The summed E-state index contributed by atoms with van der Waals surface area (Å²) in [7, 11) is 0. The first-order chi connectivity index (χ1) is 10.7. The molecule has 1 amide bonds. The number of carbonyl (C=O) groups excluding carboxylic acids is 1. The van der Waals surface area contributed by atoms with Crippen LogP contribution >= 0.6 is 0 Å². The van der Waals surface area contributed by atoms with E-state index in [2.05, 4.69) is 15.3 Å². The first-order valence-corrected chi connectivity index (χ1v) is 7.54. The number of aromatic carboxylic acids is 1. The summed E-state index contributed by atoms with van der Waals surface area (Å²) in [4.78, 5) is 32.5. The molecule has 8 nitrogen and oxygen atoms in total. The van der Waals surface area contributed by atoms with Crippen LogP contribution < -0.4 is 10.2 Å². The third kappa shape index (κ3) is 5.08. The summed E-state index contributed by atoms with van der Waals surface area (Å²) in [5.74, 6) is -0.483. The number of hydrogen-bond donors (Lipinski definition) is 2. The minimum atomic E-state index is -1.07. The lowest BCUT2D eigenvalue weighted by molar-refractivity contribution is 0.0496. The van der Waals surface area contributed by atoms with E-state index in [9.17, 15) is 9.59 Å². The zero-order chi connectivity index (χ0) is 17.0. The van der Waals surface area contributed by atoms with Crippen molar-refractivity contribution in [3.8, 4) is 0 Å². The minimum absolute atomic E-state index is 0.0241. The number of nitrogens with zero attached hydrogens (tertiary/aromatic N) is 3. The fourth-order valence-corrected chi connectivity index (χ4v) is 2.36. The molecule has 0 unspecified atom stereocenters. The molecule has 1 saturated heterocycles. The topological polar surface area (TPSA) is 105 Å². The van der Waals surface area contributed by atoms with Crippen LogP contribution in [0.4, 0.5) is 10.6 Å². The fraction of sp³-hybridized carbons (Fsp3) is 0.600. The molecule has 2 N–H and O–H groups in total. The molecule has 0 saturated carbocycles. The standard InChI is InChI=1S/C15H22N4O4/c1-15(2,3)23-14(22)18-10-4-6-19(7-5-10)12-8-11(13(20)21)16-9-17-12/h8-10H,4-7H2,1-3H3,(H,18,22)(H,20,21). The predicted octanol–water partition coefficient (Wildman–Crippen LogP) is 1.67. The molecule has 1 aliphatic heterocycles. The first-order valence-electron chi connectivity index (χ1n) is 7.54. The van der Waals surface area contributed by atoms with E-state index >= 15 is 0 Å². The summed E-state index contributed by atoms with van der Waals surface area (Å²) in [5, 5.41) is 11.8. The van der Waals surface area contributed by atoms with Gasteiger partial charge in [0, 0.05) is 25.2 Å². The third-order valence-corrected chi connectivity index (χ3v) is 3.41. The maximum Gasteiger partial charge on any atom is 0.407 e. The first kappa shape index (κ1) is 17.0. The van der Waals surface area contributed by atoms with Crippen LogP contribution in [0.5, 0.6) is 0 Å². The lowest BCUT2D eigenvalue weighted by atomic mass is 10.1. The van der Waals surface area contributed by atoms with Gasteiger partial charge in [0.1, 0.15) is 17.7 Å². The molecule has 2 heterocycles. The minimum Gasteiger partial charge on any atom is -0.477 e. The molecule has 1 aromatic rings. The molecule has 0 radical (unpaired) electrons. The van der Waals surface area contributed by atoms with Crippen LogP contribution in [-0.2, 0) is 4.74 Å². The predicted molar refractivity (Wildman–Crippen MR) is 83.6 cm³/mol. The number of ether oxygens (including phenoxy) is 1. The van der Waals surface area contributed by atoms with Crippen molar-refractivity contribution >= 4 is 17.9 Å². The van der Waals surface area contributed by atoms with Crippen molar-refractivity contribution in [1.82, 2.24) is 15.3 Å². The molecule has 0 atom stereocenters. The highest BCUT2D eigenvalue weighted by molar-refractivity contribution is 5.86. The Balaban J connectivity index is 1.88. The second kappa shape index (κ2) is 6.80. The average Bonchev–Trinajstić information content (AvgIpc) is 2.46. The second-order valence-corrected chi connectivity index (χ2v) is 6.47. The van der Waals surface area contributed by atoms with E-state index in [1.807, 2.05) is 25.7 Å². The van der Waals surface area contributed by atoms with Gasteiger partial charge in [-0.3, -0.25) is 0 Å². The normalized spacial score (nSPS) is 16.0. The van der Waals surface area contributed by atoms with Crippen LogP contribution in [-0.4, -0.2) is 51.9 Å². The molecule has 1 aliphatic rings. The van der Waals surface area contributed by atoms with E-state index in [1.165, 1.54) is 12.4 Å². The van der Waals surface area contributed by atoms with Crippen LogP contribution in [0, 0.1) is 0 Å².